The van der Waals surface area contributed by atoms with Crippen LogP contribution in [0.15, 0.2) is 35.3 Å². The third-order valence-electron chi connectivity index (χ3n) is 2.08. The van der Waals surface area contributed by atoms with E-state index < -0.39 is 0 Å². The number of aromatic nitrogens is 1. The van der Waals surface area contributed by atoms with Gasteiger partial charge in [0.1, 0.15) is 10.7 Å². The molecule has 0 fully saturated rings. The summed E-state index contributed by atoms with van der Waals surface area (Å²) in [5.74, 6) is 0.337. The number of nitrogens with one attached hydrogen (secondary N) is 1. The average Bonchev–Trinajstić information content (AvgIpc) is 2.72. The fraction of sp³-hybridized carbons (Fsp3) is 0. The molecule has 0 radical (unpaired) electrons. The monoisotopic (exact) mass is 258 g/mol. The van der Waals surface area contributed by atoms with Gasteiger partial charge in [-0.1, -0.05) is 29.5 Å². The molecule has 90 valence electrons. The van der Waals surface area contributed by atoms with Crippen LogP contribution >= 0.6 is 11.3 Å². The molecule has 0 bridgehead atoms. The zero-order chi connectivity index (χ0) is 13.0. The summed E-state index contributed by atoms with van der Waals surface area (Å²) in [6, 6.07) is 9.55. The first kappa shape index (κ1) is 11.9. The number of nitriles is 1. The lowest BCUT2D eigenvalue weighted by Gasteiger charge is -2.00. The van der Waals surface area contributed by atoms with Crippen molar-refractivity contribution in [2.24, 2.45) is 10.7 Å². The second-order valence-electron chi connectivity index (χ2n) is 3.32. The highest BCUT2D eigenvalue weighted by Crippen LogP contribution is 2.27. The quantitative estimate of drug-likeness (QED) is 0.440. The smallest absolute Gasteiger partial charge is 0.207 e. The van der Waals surface area contributed by atoms with Gasteiger partial charge in [-0.2, -0.15) is 10.3 Å². The van der Waals surface area contributed by atoms with Gasteiger partial charge in [-0.15, -0.1) is 0 Å². The van der Waals surface area contributed by atoms with E-state index in [4.69, 9.17) is 16.7 Å². The molecule has 0 unspecified atom stereocenters. The van der Waals surface area contributed by atoms with Crippen molar-refractivity contribution in [3.63, 3.8) is 0 Å². The van der Waals surface area contributed by atoms with Crippen LogP contribution < -0.4 is 16.8 Å². The first-order valence-electron chi connectivity index (χ1n) is 5.01. The van der Waals surface area contributed by atoms with E-state index in [0.717, 1.165) is 5.69 Å². The van der Waals surface area contributed by atoms with Crippen LogP contribution in [0.2, 0.25) is 0 Å². The Kier molecular flexibility index (Phi) is 3.41. The van der Waals surface area contributed by atoms with E-state index in [1.165, 1.54) is 11.3 Å². The van der Waals surface area contributed by atoms with Gasteiger partial charge in [0.25, 0.3) is 0 Å². The average molecular weight is 258 g/mol. The molecule has 0 atom stereocenters. The first-order chi connectivity index (χ1) is 8.70. The molecule has 0 aliphatic carbocycles. The van der Waals surface area contributed by atoms with Gasteiger partial charge in [0, 0.05) is 5.69 Å². The topological polar surface area (TPSA) is 113 Å². The van der Waals surface area contributed by atoms with Crippen LogP contribution in [0, 0.1) is 11.5 Å². The molecule has 1 aromatic heterocycles. The van der Waals surface area contributed by atoms with E-state index in [1.807, 2.05) is 30.3 Å². The minimum Gasteiger partial charge on any atom is -0.382 e. The van der Waals surface area contributed by atoms with Crippen molar-refractivity contribution >= 4 is 33.8 Å². The lowest BCUT2D eigenvalue weighted by Crippen LogP contribution is -2.12. The third kappa shape index (κ3) is 2.56. The SMILES string of the molecule is N#CN=C(N)c1sc(Nc2ccccc2)nc1N. The van der Waals surface area contributed by atoms with Crippen LogP contribution in [0.5, 0.6) is 0 Å². The Morgan fingerprint density at radius 1 is 1.39 bits per heavy atom. The summed E-state index contributed by atoms with van der Waals surface area (Å²) < 4.78 is 0. The van der Waals surface area contributed by atoms with Gasteiger partial charge in [0.15, 0.2) is 11.0 Å². The predicted octanol–water partition coefficient (Wildman–Crippen LogP) is 1.66. The number of aliphatic imine (C=N–C) groups is 1. The Morgan fingerprint density at radius 3 is 2.78 bits per heavy atom. The number of thiazole rings is 1. The number of para-hydroxylation sites is 1. The van der Waals surface area contributed by atoms with Crippen molar-refractivity contribution in [1.82, 2.24) is 4.98 Å². The highest BCUT2D eigenvalue weighted by Gasteiger charge is 2.12. The van der Waals surface area contributed by atoms with E-state index in [-0.39, 0.29) is 11.7 Å². The lowest BCUT2D eigenvalue weighted by atomic mass is 10.3. The maximum Gasteiger partial charge on any atom is 0.207 e. The predicted molar refractivity (Wildman–Crippen MR) is 72.6 cm³/mol. The van der Waals surface area contributed by atoms with Crippen LogP contribution in [0.25, 0.3) is 0 Å². The van der Waals surface area contributed by atoms with Gasteiger partial charge in [-0.25, -0.2) is 4.98 Å². The second kappa shape index (κ2) is 5.16. The Bertz CT molecular complexity index is 610. The van der Waals surface area contributed by atoms with Gasteiger partial charge in [-0.05, 0) is 12.1 Å². The van der Waals surface area contributed by atoms with Crippen LogP contribution in [-0.4, -0.2) is 10.8 Å². The number of nitrogen functional groups attached to an aromatic ring is 1. The highest BCUT2D eigenvalue weighted by molar-refractivity contribution is 7.18. The van der Waals surface area contributed by atoms with Crippen LogP contribution in [-0.2, 0) is 0 Å². The summed E-state index contributed by atoms with van der Waals surface area (Å²) in [6.07, 6.45) is 1.62. The van der Waals surface area contributed by atoms with Crippen molar-refractivity contribution in [3.05, 3.63) is 35.2 Å². The van der Waals surface area contributed by atoms with E-state index in [9.17, 15) is 0 Å². The van der Waals surface area contributed by atoms with Crippen LogP contribution in [0.3, 0.4) is 0 Å². The Balaban J connectivity index is 2.25. The molecule has 1 heterocycles. The van der Waals surface area contributed by atoms with Gasteiger partial charge < -0.3 is 16.8 Å². The maximum atomic E-state index is 8.44. The fourth-order valence-electron chi connectivity index (χ4n) is 1.32. The van der Waals surface area contributed by atoms with Crippen molar-refractivity contribution in [1.29, 1.82) is 5.26 Å². The molecule has 2 rings (SSSR count). The molecule has 0 spiro atoms. The number of anilines is 3. The maximum absolute atomic E-state index is 8.44. The zero-order valence-electron chi connectivity index (χ0n) is 9.29. The molecule has 2 aromatic rings. The third-order valence-corrected chi connectivity index (χ3v) is 3.09. The molecule has 6 nitrogen and oxygen atoms in total. The largest absolute Gasteiger partial charge is 0.382 e. The summed E-state index contributed by atoms with van der Waals surface area (Å²) in [4.78, 5) is 8.06. The van der Waals surface area contributed by atoms with Crippen molar-refractivity contribution < 1.29 is 0 Å². The number of benzene rings is 1. The minimum atomic E-state index is 0.0774. The fourth-order valence-corrected chi connectivity index (χ4v) is 2.13. The molecule has 1 aromatic carbocycles. The molecular weight excluding hydrogens is 248 g/mol. The standard InChI is InChI=1S/C11H10N6S/c12-6-15-9(13)8-10(14)17-11(18-8)16-7-4-2-1-3-5-7/h1-5H,14H2,(H2,13,15)(H,16,17). The van der Waals surface area contributed by atoms with E-state index in [1.54, 1.807) is 6.19 Å². The van der Waals surface area contributed by atoms with E-state index >= 15 is 0 Å². The molecular formula is C11H10N6S. The van der Waals surface area contributed by atoms with Crippen molar-refractivity contribution in [2.75, 3.05) is 11.1 Å². The molecule has 0 aliphatic rings. The molecule has 5 N–H and O–H groups in total. The number of nitrogens with zero attached hydrogens (tertiary/aromatic N) is 3. The number of hydrogen-bond acceptors (Lipinski definition) is 6. The molecule has 0 saturated carbocycles. The van der Waals surface area contributed by atoms with Gasteiger partial charge >= 0.3 is 0 Å². The summed E-state index contributed by atoms with van der Waals surface area (Å²) in [5, 5.41) is 12.1. The molecule has 0 amide bonds. The van der Waals surface area contributed by atoms with Gasteiger partial charge in [-0.3, -0.25) is 0 Å². The Hall–Kier alpha value is -2.59. The number of nitrogens with two attached hydrogens (primary N) is 2. The van der Waals surface area contributed by atoms with Crippen LogP contribution in [0.1, 0.15) is 4.88 Å². The van der Waals surface area contributed by atoms with E-state index in [2.05, 4.69) is 15.3 Å². The van der Waals surface area contributed by atoms with Crippen molar-refractivity contribution in [2.45, 2.75) is 0 Å². The molecule has 0 saturated heterocycles. The zero-order valence-corrected chi connectivity index (χ0v) is 10.1. The number of hydrogen-bond donors (Lipinski definition) is 3. The Labute approximate surface area is 108 Å². The summed E-state index contributed by atoms with van der Waals surface area (Å²) >= 11 is 1.25. The summed E-state index contributed by atoms with van der Waals surface area (Å²) in [6.45, 7) is 0. The lowest BCUT2D eigenvalue weighted by molar-refractivity contribution is 1.38. The second-order valence-corrected chi connectivity index (χ2v) is 4.32. The van der Waals surface area contributed by atoms with Gasteiger partial charge in [0.05, 0.1) is 0 Å². The van der Waals surface area contributed by atoms with Crippen molar-refractivity contribution in [3.8, 4) is 6.19 Å². The minimum absolute atomic E-state index is 0.0774. The number of rotatable bonds is 3. The molecule has 0 aliphatic heterocycles. The summed E-state index contributed by atoms with van der Waals surface area (Å²) in [7, 11) is 0. The Morgan fingerprint density at radius 2 is 2.11 bits per heavy atom. The highest BCUT2D eigenvalue weighted by atomic mass is 32.1. The van der Waals surface area contributed by atoms with Gasteiger partial charge in [0.2, 0.25) is 6.19 Å². The first-order valence-corrected chi connectivity index (χ1v) is 5.83. The molecule has 18 heavy (non-hydrogen) atoms. The van der Waals surface area contributed by atoms with E-state index in [0.29, 0.717) is 10.0 Å². The summed E-state index contributed by atoms with van der Waals surface area (Å²) in [5.41, 5.74) is 12.2. The molecule has 7 heteroatoms. The normalized spacial score (nSPS) is 10.9. The van der Waals surface area contributed by atoms with Crippen LogP contribution in [0.4, 0.5) is 16.6 Å². The number of amidine groups is 1.